The molecule has 3 amide bonds. The molecule has 1 heterocycles. The van der Waals surface area contributed by atoms with Crippen LogP contribution in [0.3, 0.4) is 0 Å². The molecule has 0 aliphatic carbocycles. The third-order valence-electron chi connectivity index (χ3n) is 5.29. The van der Waals surface area contributed by atoms with Gasteiger partial charge in [0, 0.05) is 31.8 Å². The van der Waals surface area contributed by atoms with Gasteiger partial charge >= 0.3 is 12.1 Å². The minimum Gasteiger partial charge on any atom is -0.447 e. The number of aliphatic hydroxyl groups excluding tert-OH is 1. The van der Waals surface area contributed by atoms with E-state index in [9.17, 15) is 19.1 Å². The van der Waals surface area contributed by atoms with Gasteiger partial charge in [0.2, 0.25) is 0 Å². The Morgan fingerprint density at radius 2 is 1.97 bits per heavy atom. The third kappa shape index (κ3) is 6.79. The topological polar surface area (TPSA) is 104 Å². The summed E-state index contributed by atoms with van der Waals surface area (Å²) >= 11 is 5.93. The van der Waals surface area contributed by atoms with Gasteiger partial charge in [0.15, 0.2) is 0 Å². The maximum Gasteiger partial charge on any atom is 0.412 e. The van der Waals surface area contributed by atoms with Crippen molar-refractivity contribution in [3.63, 3.8) is 0 Å². The molecular formula is C24H26ClFN4O4. The highest BCUT2D eigenvalue weighted by Crippen LogP contribution is 2.20. The Balaban J connectivity index is 1.56. The number of urea groups is 1. The third-order valence-corrected chi connectivity index (χ3v) is 5.72. The van der Waals surface area contributed by atoms with E-state index < -0.39 is 24.0 Å². The number of hydrogen-bond donors (Lipinski definition) is 3. The second kappa shape index (κ2) is 12.2. The fourth-order valence-corrected chi connectivity index (χ4v) is 3.52. The van der Waals surface area contributed by atoms with E-state index in [4.69, 9.17) is 16.3 Å². The van der Waals surface area contributed by atoms with Crippen molar-refractivity contribution in [3.05, 3.63) is 71.1 Å². The van der Waals surface area contributed by atoms with E-state index in [0.29, 0.717) is 24.2 Å². The zero-order chi connectivity index (χ0) is 24.5. The number of pyridine rings is 1. The van der Waals surface area contributed by atoms with Gasteiger partial charge in [-0.2, -0.15) is 0 Å². The fourth-order valence-electron chi connectivity index (χ4n) is 3.33. The lowest BCUT2D eigenvalue weighted by atomic mass is 10.1. The molecule has 0 radical (unpaired) electrons. The van der Waals surface area contributed by atoms with Crippen molar-refractivity contribution in [2.75, 3.05) is 25.6 Å². The number of carbonyl (C=O) groups excluding carboxylic acids is 2. The Morgan fingerprint density at radius 1 is 1.21 bits per heavy atom. The second-order valence-electron chi connectivity index (χ2n) is 7.64. The summed E-state index contributed by atoms with van der Waals surface area (Å²) in [6, 6.07) is 12.8. The molecule has 0 bridgehead atoms. The summed E-state index contributed by atoms with van der Waals surface area (Å²) in [5, 5.41) is 16.3. The molecule has 0 aliphatic heterocycles. The van der Waals surface area contributed by atoms with Crippen LogP contribution in [0, 0.1) is 5.82 Å². The van der Waals surface area contributed by atoms with Crippen LogP contribution in [0.5, 0.6) is 0 Å². The van der Waals surface area contributed by atoms with E-state index in [2.05, 4.69) is 15.6 Å². The molecule has 8 nitrogen and oxygen atoms in total. The minimum absolute atomic E-state index is 0.0292. The van der Waals surface area contributed by atoms with Gasteiger partial charge in [-0.3, -0.25) is 5.32 Å². The quantitative estimate of drug-likeness (QED) is 0.409. The molecule has 180 valence electrons. The molecule has 3 N–H and O–H groups in total. The van der Waals surface area contributed by atoms with Gasteiger partial charge in [-0.25, -0.2) is 19.0 Å². The number of aliphatic hydroxyl groups is 1. The molecule has 3 aromatic rings. The average Bonchev–Trinajstić information content (AvgIpc) is 2.84. The van der Waals surface area contributed by atoms with Crippen LogP contribution >= 0.6 is 11.6 Å². The molecule has 0 unspecified atom stereocenters. The van der Waals surface area contributed by atoms with Crippen LogP contribution in [-0.4, -0.2) is 53.4 Å². The number of rotatable bonds is 9. The van der Waals surface area contributed by atoms with Gasteiger partial charge in [0.1, 0.15) is 18.2 Å². The normalized spacial score (nSPS) is 11.6. The predicted octanol–water partition coefficient (Wildman–Crippen LogP) is 4.56. The van der Waals surface area contributed by atoms with E-state index in [0.717, 1.165) is 10.8 Å². The minimum atomic E-state index is -0.711. The smallest absolute Gasteiger partial charge is 0.412 e. The van der Waals surface area contributed by atoms with Crippen LogP contribution in [0.1, 0.15) is 18.4 Å². The van der Waals surface area contributed by atoms with E-state index in [-0.39, 0.29) is 24.8 Å². The Kier molecular flexibility index (Phi) is 9.00. The zero-order valence-corrected chi connectivity index (χ0v) is 19.4. The molecule has 3 rings (SSSR count). The second-order valence-corrected chi connectivity index (χ2v) is 8.02. The van der Waals surface area contributed by atoms with Crippen LogP contribution in [0.4, 0.5) is 19.8 Å². The molecule has 0 fully saturated rings. The highest BCUT2D eigenvalue weighted by Gasteiger charge is 2.22. The van der Waals surface area contributed by atoms with E-state index >= 15 is 0 Å². The predicted molar refractivity (Wildman–Crippen MR) is 128 cm³/mol. The Labute approximate surface area is 201 Å². The number of carbonyl (C=O) groups is 2. The molecular weight excluding hydrogens is 463 g/mol. The van der Waals surface area contributed by atoms with Gasteiger partial charge < -0.3 is 20.1 Å². The molecule has 1 aromatic heterocycles. The summed E-state index contributed by atoms with van der Waals surface area (Å²) in [6.07, 6.45) is 1.76. The summed E-state index contributed by atoms with van der Waals surface area (Å²) in [5.41, 5.74) is 0.439. The lowest BCUT2D eigenvalue weighted by Gasteiger charge is -2.28. The number of nitrogens with zero attached hydrogens (tertiary/aromatic N) is 2. The molecule has 0 aliphatic rings. The Bertz CT molecular complexity index is 1150. The van der Waals surface area contributed by atoms with Crippen molar-refractivity contribution in [2.24, 2.45) is 0 Å². The standard InChI is InChI=1S/C24H26ClFN4O4/c1-30(23(32)28-14-18-8-4-10-20(26)22(18)25)19(9-5-11-31)15-34-24(33)29-21-12-16-6-2-3-7-17(16)13-27-21/h2-4,6-8,10,12-13,19,31H,5,9,11,14-15H2,1H3,(H,28,32)(H,27,29,33)/t19-/m0/s1. The first-order valence-electron chi connectivity index (χ1n) is 10.7. The van der Waals surface area contributed by atoms with E-state index in [1.807, 2.05) is 24.3 Å². The summed E-state index contributed by atoms with van der Waals surface area (Å²) in [7, 11) is 1.55. The number of hydrogen-bond acceptors (Lipinski definition) is 5. The van der Waals surface area contributed by atoms with Gasteiger partial charge in [-0.15, -0.1) is 0 Å². The summed E-state index contributed by atoms with van der Waals surface area (Å²) < 4.78 is 18.9. The lowest BCUT2D eigenvalue weighted by molar-refractivity contribution is 0.110. The number of benzene rings is 2. The summed E-state index contributed by atoms with van der Waals surface area (Å²) in [6.45, 7) is -0.135. The largest absolute Gasteiger partial charge is 0.447 e. The number of ether oxygens (including phenoxy) is 1. The average molecular weight is 489 g/mol. The van der Waals surface area contributed by atoms with Crippen molar-refractivity contribution >= 4 is 40.3 Å². The van der Waals surface area contributed by atoms with Crippen LogP contribution in [0.2, 0.25) is 5.02 Å². The number of fused-ring (bicyclic) bond motifs is 1. The van der Waals surface area contributed by atoms with E-state index in [1.54, 1.807) is 25.4 Å². The summed E-state index contributed by atoms with van der Waals surface area (Å²) in [5.74, 6) is -0.225. The van der Waals surface area contributed by atoms with Gasteiger partial charge in [-0.1, -0.05) is 48.0 Å². The monoisotopic (exact) mass is 488 g/mol. The number of nitrogens with one attached hydrogen (secondary N) is 2. The van der Waals surface area contributed by atoms with E-state index in [1.165, 1.54) is 17.0 Å². The first kappa shape index (κ1) is 25.2. The first-order chi connectivity index (χ1) is 16.4. The van der Waals surface area contributed by atoms with Crippen LogP contribution in [0.25, 0.3) is 10.8 Å². The number of anilines is 1. The molecule has 34 heavy (non-hydrogen) atoms. The highest BCUT2D eigenvalue weighted by molar-refractivity contribution is 6.31. The van der Waals surface area contributed by atoms with Crippen LogP contribution in [-0.2, 0) is 11.3 Å². The van der Waals surface area contributed by atoms with Crippen LogP contribution < -0.4 is 10.6 Å². The molecule has 0 saturated carbocycles. The van der Waals surface area contributed by atoms with Crippen LogP contribution in [0.15, 0.2) is 54.7 Å². The highest BCUT2D eigenvalue weighted by atomic mass is 35.5. The van der Waals surface area contributed by atoms with Gasteiger partial charge in [0.25, 0.3) is 0 Å². The van der Waals surface area contributed by atoms with Gasteiger partial charge in [-0.05, 0) is 35.9 Å². The number of halogens is 2. The molecule has 2 aromatic carbocycles. The summed E-state index contributed by atoms with van der Waals surface area (Å²) in [4.78, 5) is 30.5. The van der Waals surface area contributed by atoms with Crippen molar-refractivity contribution in [1.82, 2.24) is 15.2 Å². The SMILES string of the molecule is CN(C(=O)NCc1cccc(F)c1Cl)[C@@H](CCCO)COC(=O)Nc1cc2ccccc2cn1. The molecule has 0 saturated heterocycles. The number of amides is 3. The van der Waals surface area contributed by atoms with Crippen molar-refractivity contribution in [3.8, 4) is 0 Å². The van der Waals surface area contributed by atoms with Crippen molar-refractivity contribution < 1.29 is 23.8 Å². The Morgan fingerprint density at radius 3 is 2.74 bits per heavy atom. The Hall–Kier alpha value is -3.43. The molecule has 1 atom stereocenters. The maximum absolute atomic E-state index is 13.6. The van der Waals surface area contributed by atoms with Crippen molar-refractivity contribution in [2.45, 2.75) is 25.4 Å². The number of aromatic nitrogens is 1. The maximum atomic E-state index is 13.6. The molecule has 0 spiro atoms. The van der Waals surface area contributed by atoms with Gasteiger partial charge in [0.05, 0.1) is 11.1 Å². The molecule has 10 heteroatoms. The zero-order valence-electron chi connectivity index (χ0n) is 18.6. The number of likely N-dealkylation sites (N-methyl/N-ethyl adjacent to an activating group) is 1. The lowest BCUT2D eigenvalue weighted by Crippen LogP contribution is -2.46. The van der Waals surface area contributed by atoms with Crippen molar-refractivity contribution in [1.29, 1.82) is 0 Å². The fraction of sp³-hybridized carbons (Fsp3) is 0.292. The first-order valence-corrected chi connectivity index (χ1v) is 11.1.